The summed E-state index contributed by atoms with van der Waals surface area (Å²) in [5.74, 6) is 1.70. The first-order chi connectivity index (χ1) is 15.1. The second-order valence-electron chi connectivity index (χ2n) is 8.21. The summed E-state index contributed by atoms with van der Waals surface area (Å²) in [4.78, 5) is 4.55. The first kappa shape index (κ1) is 33.2. The predicted molar refractivity (Wildman–Crippen MR) is 150 cm³/mol. The number of nitrogens with zero attached hydrogens (tertiary/aromatic N) is 3. The Bertz CT molecular complexity index is 856. The Hall–Kier alpha value is -0.830. The molecule has 1 atom stereocenters. The number of hydrazine groups is 1. The smallest absolute Gasteiger partial charge is 0.169 e. The Morgan fingerprint density at radius 3 is 2.47 bits per heavy atom. The minimum absolute atomic E-state index is 0. The van der Waals surface area contributed by atoms with Crippen LogP contribution in [0.4, 0.5) is 0 Å². The molecule has 0 radical (unpaired) electrons. The average Bonchev–Trinajstić information content (AvgIpc) is 3.18. The molecule has 6 nitrogen and oxygen atoms in total. The summed E-state index contributed by atoms with van der Waals surface area (Å²) < 4.78 is 13.4. The van der Waals surface area contributed by atoms with Gasteiger partial charge in [0.2, 0.25) is 0 Å². The zero-order valence-electron chi connectivity index (χ0n) is 21.0. The number of halogens is 3. The van der Waals surface area contributed by atoms with Gasteiger partial charge in [-0.1, -0.05) is 50.9 Å². The minimum Gasteiger partial charge on any atom is -0.493 e. The molecule has 1 aliphatic rings. The number of ether oxygens (including phenoxy) is 2. The molecule has 0 aliphatic heterocycles. The molecule has 196 valence electrons. The summed E-state index contributed by atoms with van der Waals surface area (Å²) in [7, 11) is 5.52. The van der Waals surface area contributed by atoms with E-state index in [9.17, 15) is 0 Å². The molecule has 1 heterocycles. The summed E-state index contributed by atoms with van der Waals surface area (Å²) in [5, 5.41) is 3.56. The molecule has 0 bridgehead atoms. The van der Waals surface area contributed by atoms with Gasteiger partial charge >= 0.3 is 0 Å². The Balaban J connectivity index is 0.00000363. The molecule has 1 aliphatic carbocycles. The lowest BCUT2D eigenvalue weighted by Crippen LogP contribution is -2.56. The van der Waals surface area contributed by atoms with E-state index in [0.717, 1.165) is 49.0 Å². The van der Waals surface area contributed by atoms with E-state index in [0.29, 0.717) is 0 Å². The average molecular weight is 556 g/mol. The van der Waals surface area contributed by atoms with Gasteiger partial charge in [0.1, 0.15) is 0 Å². The summed E-state index contributed by atoms with van der Waals surface area (Å²) in [5.41, 5.74) is 6.32. The number of aryl methyl sites for hydroxylation is 1. The highest BCUT2D eigenvalue weighted by atomic mass is 35.5. The van der Waals surface area contributed by atoms with Crippen LogP contribution in [-0.2, 0) is 19.9 Å². The van der Waals surface area contributed by atoms with Crippen molar-refractivity contribution >= 4 is 49.0 Å². The van der Waals surface area contributed by atoms with Crippen LogP contribution in [0, 0.1) is 0 Å². The quantitative estimate of drug-likeness (QED) is 0.194. The number of unbranched alkanes of at least 4 members (excludes halogenated alkanes) is 3. The number of aromatic nitrogens is 2. The van der Waals surface area contributed by atoms with Crippen LogP contribution in [0.25, 0.3) is 0 Å². The van der Waals surface area contributed by atoms with Gasteiger partial charge in [0.05, 0.1) is 19.1 Å². The van der Waals surface area contributed by atoms with Crippen molar-refractivity contribution in [2.45, 2.75) is 68.8 Å². The fourth-order valence-corrected chi connectivity index (χ4v) is 5.84. The standard InChI is InChI=1S/C24H38N4O2S.3ClH/c1-6-8-9-10-16-28(26-7-2)24(31-23-25-15-17-27(23)3)14-13-20-19(18-24)11-12-21(29-4)22(20)30-5;;;/h11-12,15,17,26H,6-10,13-14,16,18H2,1-5H3;3*1H. The van der Waals surface area contributed by atoms with Crippen LogP contribution in [0.2, 0.25) is 0 Å². The van der Waals surface area contributed by atoms with Crippen LogP contribution < -0.4 is 14.9 Å². The Morgan fingerprint density at radius 1 is 1.12 bits per heavy atom. The maximum absolute atomic E-state index is 5.75. The van der Waals surface area contributed by atoms with Crippen LogP contribution in [0.1, 0.15) is 57.1 Å². The van der Waals surface area contributed by atoms with E-state index in [1.807, 2.05) is 30.2 Å². The highest BCUT2D eigenvalue weighted by molar-refractivity contribution is 8.00. The van der Waals surface area contributed by atoms with Gasteiger partial charge in [-0.25, -0.2) is 9.99 Å². The summed E-state index contributed by atoms with van der Waals surface area (Å²) in [6.07, 6.45) is 11.8. The number of imidazole rings is 1. The van der Waals surface area contributed by atoms with Crippen molar-refractivity contribution in [1.82, 2.24) is 20.0 Å². The van der Waals surface area contributed by atoms with Gasteiger partial charge in [-0.3, -0.25) is 5.43 Å². The van der Waals surface area contributed by atoms with Gasteiger partial charge in [0.15, 0.2) is 16.7 Å². The molecule has 0 spiro atoms. The number of methoxy groups -OCH3 is 2. The first-order valence-electron chi connectivity index (χ1n) is 11.5. The molecule has 0 saturated heterocycles. The molecule has 0 fully saturated rings. The third-order valence-electron chi connectivity index (χ3n) is 6.11. The fraction of sp³-hybridized carbons (Fsp3) is 0.625. The van der Waals surface area contributed by atoms with E-state index < -0.39 is 0 Å². The Labute approximate surface area is 228 Å². The van der Waals surface area contributed by atoms with Crippen molar-refractivity contribution < 1.29 is 9.47 Å². The number of benzene rings is 1. The maximum Gasteiger partial charge on any atom is 0.169 e. The van der Waals surface area contributed by atoms with E-state index in [1.165, 1.54) is 36.8 Å². The molecule has 1 aromatic carbocycles. The molecule has 1 unspecified atom stereocenters. The third-order valence-corrected chi connectivity index (χ3v) is 7.64. The van der Waals surface area contributed by atoms with E-state index in [4.69, 9.17) is 9.47 Å². The summed E-state index contributed by atoms with van der Waals surface area (Å²) in [6, 6.07) is 4.25. The molecular formula is C24H41Cl3N4O2S. The second-order valence-corrected chi connectivity index (χ2v) is 9.54. The van der Waals surface area contributed by atoms with E-state index in [-0.39, 0.29) is 42.1 Å². The first-order valence-corrected chi connectivity index (χ1v) is 12.3. The van der Waals surface area contributed by atoms with Crippen molar-refractivity contribution in [2.24, 2.45) is 7.05 Å². The Kier molecular flexibility index (Phi) is 15.6. The largest absolute Gasteiger partial charge is 0.493 e. The van der Waals surface area contributed by atoms with Crippen molar-refractivity contribution in [3.8, 4) is 11.5 Å². The molecule has 1 aromatic heterocycles. The number of hydrogen-bond acceptors (Lipinski definition) is 6. The number of thioether (sulfide) groups is 1. The highest BCUT2D eigenvalue weighted by Gasteiger charge is 2.43. The second kappa shape index (κ2) is 16.0. The lowest BCUT2D eigenvalue weighted by Gasteiger charge is -2.46. The van der Waals surface area contributed by atoms with Gasteiger partial charge in [0.25, 0.3) is 0 Å². The minimum atomic E-state index is -0.103. The SMILES string of the molecule is CCCCCCN(NCC)C1(Sc2nccn2C)CCc2c(ccc(OC)c2OC)C1.Cl.Cl.Cl. The van der Waals surface area contributed by atoms with Crippen LogP contribution in [0.5, 0.6) is 11.5 Å². The molecule has 0 amide bonds. The maximum atomic E-state index is 5.75. The molecule has 1 N–H and O–H groups in total. The van der Waals surface area contributed by atoms with Crippen LogP contribution in [-0.4, -0.2) is 46.7 Å². The van der Waals surface area contributed by atoms with Crippen LogP contribution >= 0.6 is 49.0 Å². The highest BCUT2D eigenvalue weighted by Crippen LogP contribution is 2.47. The van der Waals surface area contributed by atoms with E-state index >= 15 is 0 Å². The van der Waals surface area contributed by atoms with Crippen molar-refractivity contribution in [2.75, 3.05) is 27.3 Å². The number of hydrogen-bond donors (Lipinski definition) is 1. The lowest BCUT2D eigenvalue weighted by molar-refractivity contribution is 0.0869. The van der Waals surface area contributed by atoms with Crippen molar-refractivity contribution in [1.29, 1.82) is 0 Å². The number of fused-ring (bicyclic) bond motifs is 1. The van der Waals surface area contributed by atoms with Gasteiger partial charge < -0.3 is 14.0 Å². The number of rotatable bonds is 12. The van der Waals surface area contributed by atoms with Crippen molar-refractivity contribution in [3.63, 3.8) is 0 Å². The van der Waals surface area contributed by atoms with Gasteiger partial charge in [-0.15, -0.1) is 37.2 Å². The van der Waals surface area contributed by atoms with Gasteiger partial charge in [-0.2, -0.15) is 0 Å². The molecule has 0 saturated carbocycles. The zero-order valence-corrected chi connectivity index (χ0v) is 24.2. The molecule has 3 rings (SSSR count). The molecular weight excluding hydrogens is 515 g/mol. The van der Waals surface area contributed by atoms with Gasteiger partial charge in [0, 0.05) is 44.5 Å². The topological polar surface area (TPSA) is 51.6 Å². The van der Waals surface area contributed by atoms with E-state index in [1.54, 1.807) is 14.2 Å². The molecule has 34 heavy (non-hydrogen) atoms. The number of nitrogens with one attached hydrogen (secondary N) is 1. The zero-order chi connectivity index (χ0) is 22.3. The molecule has 2 aromatic rings. The monoisotopic (exact) mass is 554 g/mol. The Morgan fingerprint density at radius 2 is 1.88 bits per heavy atom. The summed E-state index contributed by atoms with van der Waals surface area (Å²) >= 11 is 1.89. The van der Waals surface area contributed by atoms with Crippen LogP contribution in [0.3, 0.4) is 0 Å². The fourth-order valence-electron chi connectivity index (χ4n) is 4.48. The van der Waals surface area contributed by atoms with Crippen LogP contribution in [0.15, 0.2) is 29.7 Å². The van der Waals surface area contributed by atoms with Crippen molar-refractivity contribution in [3.05, 3.63) is 35.7 Å². The third kappa shape index (κ3) is 7.58. The summed E-state index contributed by atoms with van der Waals surface area (Å²) in [6.45, 7) is 6.40. The lowest BCUT2D eigenvalue weighted by atomic mass is 9.86. The van der Waals surface area contributed by atoms with Gasteiger partial charge in [-0.05, 0) is 30.9 Å². The predicted octanol–water partition coefficient (Wildman–Crippen LogP) is 6.09. The normalized spacial score (nSPS) is 16.6. The molecule has 10 heteroatoms. The van der Waals surface area contributed by atoms with E-state index in [2.05, 4.69) is 46.9 Å².